The normalized spacial score (nSPS) is 10.2. The number of ether oxygens (including phenoxy) is 1. The first-order chi connectivity index (χ1) is 8.13. The van der Waals surface area contributed by atoms with Gasteiger partial charge in [0.1, 0.15) is 5.75 Å². The summed E-state index contributed by atoms with van der Waals surface area (Å²) in [6.07, 6.45) is 1.09. The van der Waals surface area contributed by atoms with Crippen LogP contribution < -0.4 is 4.74 Å². The number of aromatic hydroxyl groups is 1. The number of methoxy groups -OCH3 is 1. The van der Waals surface area contributed by atoms with Gasteiger partial charge >= 0.3 is 5.97 Å². The molecule has 1 aromatic heterocycles. The third-order valence-electron chi connectivity index (χ3n) is 2.27. The number of carboxylic acids is 1. The van der Waals surface area contributed by atoms with E-state index < -0.39 is 5.97 Å². The molecule has 1 aromatic carbocycles. The molecule has 2 N–H and O–H groups in total. The highest BCUT2D eigenvalue weighted by Gasteiger charge is 2.18. The second-order valence-corrected chi connectivity index (χ2v) is 3.29. The summed E-state index contributed by atoms with van der Waals surface area (Å²) in [5, 5.41) is 22.1. The second kappa shape index (κ2) is 4.17. The molecule has 6 nitrogen and oxygen atoms in total. The van der Waals surface area contributed by atoms with Crippen LogP contribution in [0.5, 0.6) is 11.5 Å². The monoisotopic (exact) mass is 234 g/mol. The zero-order valence-corrected chi connectivity index (χ0v) is 8.99. The molecule has 88 valence electrons. The zero-order chi connectivity index (χ0) is 12.4. The maximum atomic E-state index is 11.0. The van der Waals surface area contributed by atoms with Crippen LogP contribution in [0.2, 0.25) is 0 Å². The molecule has 6 heteroatoms. The van der Waals surface area contributed by atoms with Crippen LogP contribution in [0.1, 0.15) is 10.5 Å². The smallest absolute Gasteiger partial charge is 0.358 e. The second-order valence-electron chi connectivity index (χ2n) is 3.29. The number of hydrogen-bond donors (Lipinski definition) is 2. The maximum absolute atomic E-state index is 11.0. The Balaban J connectivity index is 2.49. The van der Waals surface area contributed by atoms with E-state index in [2.05, 4.69) is 5.10 Å². The van der Waals surface area contributed by atoms with Gasteiger partial charge in [-0.3, -0.25) is 0 Å². The fourth-order valence-electron chi connectivity index (χ4n) is 1.46. The van der Waals surface area contributed by atoms with Crippen molar-refractivity contribution in [2.24, 2.45) is 0 Å². The minimum absolute atomic E-state index is 0.268. The Bertz CT molecular complexity index is 545. The number of rotatable bonds is 3. The van der Waals surface area contributed by atoms with Gasteiger partial charge in [0.15, 0.2) is 11.4 Å². The van der Waals surface area contributed by atoms with E-state index in [1.807, 2.05) is 0 Å². The van der Waals surface area contributed by atoms with Gasteiger partial charge in [-0.1, -0.05) is 0 Å². The Morgan fingerprint density at radius 3 is 2.53 bits per heavy atom. The average Bonchev–Trinajstić information content (AvgIpc) is 2.71. The third-order valence-corrected chi connectivity index (χ3v) is 2.27. The van der Waals surface area contributed by atoms with E-state index in [0.717, 1.165) is 10.9 Å². The molecule has 17 heavy (non-hydrogen) atoms. The Kier molecular flexibility index (Phi) is 2.70. The Labute approximate surface area is 96.7 Å². The van der Waals surface area contributed by atoms with Gasteiger partial charge < -0.3 is 14.9 Å². The summed E-state index contributed by atoms with van der Waals surface area (Å²) in [6, 6.07) is 6.66. The molecule has 0 unspecified atom stereocenters. The van der Waals surface area contributed by atoms with Crippen LogP contribution in [0.25, 0.3) is 5.69 Å². The Hall–Kier alpha value is -2.50. The van der Waals surface area contributed by atoms with Crippen molar-refractivity contribution in [3.8, 4) is 17.2 Å². The molecule has 0 amide bonds. The summed E-state index contributed by atoms with van der Waals surface area (Å²) in [5.74, 6) is -0.953. The lowest BCUT2D eigenvalue weighted by Gasteiger charge is -2.05. The molecule has 2 rings (SSSR count). The standard InChI is InChI=1S/C11H10N2O4/c1-17-8-4-2-7(3-5-8)13-10(11(15)16)9(14)6-12-13/h2-6,14H,1H3,(H,15,16). The molecule has 0 atom stereocenters. The molecule has 0 saturated carbocycles. The van der Waals surface area contributed by atoms with Crippen LogP contribution in [0.3, 0.4) is 0 Å². The van der Waals surface area contributed by atoms with Crippen LogP contribution >= 0.6 is 0 Å². The van der Waals surface area contributed by atoms with Crippen molar-refractivity contribution in [3.63, 3.8) is 0 Å². The molecule has 0 aliphatic carbocycles. The largest absolute Gasteiger partial charge is 0.504 e. The van der Waals surface area contributed by atoms with Crippen molar-refractivity contribution in [1.82, 2.24) is 9.78 Å². The van der Waals surface area contributed by atoms with Crippen molar-refractivity contribution in [1.29, 1.82) is 0 Å². The van der Waals surface area contributed by atoms with E-state index in [0.29, 0.717) is 11.4 Å². The number of benzene rings is 1. The van der Waals surface area contributed by atoms with Crippen LogP contribution in [0.15, 0.2) is 30.5 Å². The molecule has 1 heterocycles. The van der Waals surface area contributed by atoms with Gasteiger partial charge in [0.2, 0.25) is 0 Å². The summed E-state index contributed by atoms with van der Waals surface area (Å²) < 4.78 is 6.14. The summed E-state index contributed by atoms with van der Waals surface area (Å²) in [6.45, 7) is 0. The SMILES string of the molecule is COc1ccc(-n2ncc(O)c2C(=O)O)cc1. The molecule has 2 aromatic rings. The van der Waals surface area contributed by atoms with Crippen molar-refractivity contribution in [2.75, 3.05) is 7.11 Å². The molecule has 0 fully saturated rings. The summed E-state index contributed by atoms with van der Waals surface area (Å²) in [7, 11) is 1.54. The first kappa shape index (κ1) is 11.0. The minimum atomic E-state index is -1.24. The molecule has 0 spiro atoms. The molecule has 0 saturated heterocycles. The van der Waals surface area contributed by atoms with Crippen molar-refractivity contribution < 1.29 is 19.7 Å². The highest BCUT2D eigenvalue weighted by molar-refractivity contribution is 5.89. The molecule has 0 aliphatic heterocycles. The van der Waals surface area contributed by atoms with Gasteiger partial charge in [-0.15, -0.1) is 0 Å². The predicted octanol–water partition coefficient (Wildman–Crippen LogP) is 1.28. The minimum Gasteiger partial charge on any atom is -0.504 e. The topological polar surface area (TPSA) is 84.6 Å². The molecule has 0 radical (unpaired) electrons. The van der Waals surface area contributed by atoms with Crippen LogP contribution in [-0.2, 0) is 0 Å². The number of aromatic nitrogens is 2. The van der Waals surface area contributed by atoms with Crippen LogP contribution in [0, 0.1) is 0 Å². The molecular formula is C11H10N2O4. The predicted molar refractivity (Wildman–Crippen MR) is 58.7 cm³/mol. The van der Waals surface area contributed by atoms with Crippen molar-refractivity contribution in [2.45, 2.75) is 0 Å². The van der Waals surface area contributed by atoms with Gasteiger partial charge in [-0.05, 0) is 24.3 Å². The first-order valence-electron chi connectivity index (χ1n) is 4.78. The fraction of sp³-hybridized carbons (Fsp3) is 0.0909. The van der Waals surface area contributed by atoms with Crippen LogP contribution in [-0.4, -0.2) is 33.1 Å². The number of carboxylic acid groups (broad SMARTS) is 1. The van der Waals surface area contributed by atoms with Crippen LogP contribution in [0.4, 0.5) is 0 Å². The number of nitrogens with zero attached hydrogens (tertiary/aromatic N) is 2. The maximum Gasteiger partial charge on any atom is 0.358 e. The van der Waals surface area contributed by atoms with Gasteiger partial charge in [0, 0.05) is 0 Å². The van der Waals surface area contributed by atoms with Gasteiger partial charge in [-0.2, -0.15) is 5.10 Å². The summed E-state index contributed by atoms with van der Waals surface area (Å²) in [5.41, 5.74) is 0.263. The van der Waals surface area contributed by atoms with E-state index in [4.69, 9.17) is 9.84 Å². The van der Waals surface area contributed by atoms with E-state index in [9.17, 15) is 9.90 Å². The molecular weight excluding hydrogens is 224 g/mol. The van der Waals surface area contributed by atoms with E-state index >= 15 is 0 Å². The van der Waals surface area contributed by atoms with Crippen molar-refractivity contribution in [3.05, 3.63) is 36.2 Å². The summed E-state index contributed by atoms with van der Waals surface area (Å²) in [4.78, 5) is 11.0. The Morgan fingerprint density at radius 1 is 1.35 bits per heavy atom. The highest BCUT2D eigenvalue weighted by atomic mass is 16.5. The van der Waals surface area contributed by atoms with E-state index in [1.54, 1.807) is 24.3 Å². The van der Waals surface area contributed by atoms with E-state index in [-0.39, 0.29) is 11.4 Å². The number of hydrogen-bond acceptors (Lipinski definition) is 4. The third kappa shape index (κ3) is 1.92. The quantitative estimate of drug-likeness (QED) is 0.835. The molecule has 0 bridgehead atoms. The summed E-state index contributed by atoms with van der Waals surface area (Å²) >= 11 is 0. The Morgan fingerprint density at radius 2 is 2.00 bits per heavy atom. The lowest BCUT2D eigenvalue weighted by atomic mass is 10.3. The molecule has 0 aliphatic rings. The highest BCUT2D eigenvalue weighted by Crippen LogP contribution is 2.21. The van der Waals surface area contributed by atoms with Gasteiger partial charge in [0.25, 0.3) is 0 Å². The first-order valence-corrected chi connectivity index (χ1v) is 4.78. The zero-order valence-electron chi connectivity index (χ0n) is 8.99. The van der Waals surface area contributed by atoms with Crippen molar-refractivity contribution >= 4 is 5.97 Å². The number of aromatic carboxylic acids is 1. The van der Waals surface area contributed by atoms with Gasteiger partial charge in [-0.25, -0.2) is 9.48 Å². The lowest BCUT2D eigenvalue weighted by Crippen LogP contribution is -2.08. The average molecular weight is 234 g/mol. The van der Waals surface area contributed by atoms with E-state index in [1.165, 1.54) is 7.11 Å². The number of carbonyl (C=O) groups is 1. The lowest BCUT2D eigenvalue weighted by molar-refractivity contribution is 0.0684. The fourth-order valence-corrected chi connectivity index (χ4v) is 1.46. The van der Waals surface area contributed by atoms with Gasteiger partial charge in [0.05, 0.1) is 19.0 Å².